The first kappa shape index (κ1) is 19.5. The van der Waals surface area contributed by atoms with Gasteiger partial charge in [-0.05, 0) is 35.4 Å². The molecule has 0 saturated carbocycles. The number of carbonyl (C=O) groups excluding carboxylic acids is 1. The SMILES string of the molecule is COc1cc(CNC(=O)NCc2ccc3c(c2)OCCO3)ccc1OC(F)F. The summed E-state index contributed by atoms with van der Waals surface area (Å²) in [7, 11) is 1.35. The van der Waals surface area contributed by atoms with Crippen molar-refractivity contribution in [3.63, 3.8) is 0 Å². The Labute approximate surface area is 160 Å². The average Bonchev–Trinajstić information content (AvgIpc) is 2.71. The van der Waals surface area contributed by atoms with E-state index in [1.54, 1.807) is 12.1 Å². The maximum absolute atomic E-state index is 12.4. The lowest BCUT2D eigenvalue weighted by Gasteiger charge is -2.19. The van der Waals surface area contributed by atoms with E-state index in [0.717, 1.165) is 5.56 Å². The summed E-state index contributed by atoms with van der Waals surface area (Å²) in [6, 6.07) is 9.57. The molecular formula is C19H20F2N2O5. The molecule has 3 rings (SSSR count). The summed E-state index contributed by atoms with van der Waals surface area (Å²) in [6.07, 6.45) is 0. The number of halogens is 2. The van der Waals surface area contributed by atoms with E-state index in [4.69, 9.17) is 14.2 Å². The number of hydrogen-bond acceptors (Lipinski definition) is 5. The third-order valence-corrected chi connectivity index (χ3v) is 3.96. The van der Waals surface area contributed by atoms with Crippen LogP contribution in [0.4, 0.5) is 13.6 Å². The van der Waals surface area contributed by atoms with Gasteiger partial charge in [-0.3, -0.25) is 0 Å². The first-order chi connectivity index (χ1) is 13.5. The monoisotopic (exact) mass is 394 g/mol. The van der Waals surface area contributed by atoms with Gasteiger partial charge in [-0.2, -0.15) is 8.78 Å². The molecular weight excluding hydrogens is 374 g/mol. The van der Waals surface area contributed by atoms with Gasteiger partial charge in [0.2, 0.25) is 0 Å². The second-order valence-electron chi connectivity index (χ2n) is 5.88. The fourth-order valence-corrected chi connectivity index (χ4v) is 2.64. The second-order valence-corrected chi connectivity index (χ2v) is 5.88. The van der Waals surface area contributed by atoms with Gasteiger partial charge in [0.25, 0.3) is 0 Å². The molecule has 0 atom stereocenters. The van der Waals surface area contributed by atoms with E-state index in [9.17, 15) is 13.6 Å². The van der Waals surface area contributed by atoms with Crippen molar-refractivity contribution in [1.29, 1.82) is 0 Å². The zero-order chi connectivity index (χ0) is 19.9. The predicted octanol–water partition coefficient (Wildman–Crippen LogP) is 3.07. The maximum atomic E-state index is 12.4. The summed E-state index contributed by atoms with van der Waals surface area (Å²) in [4.78, 5) is 12.0. The van der Waals surface area contributed by atoms with Crippen molar-refractivity contribution in [1.82, 2.24) is 10.6 Å². The van der Waals surface area contributed by atoms with Crippen molar-refractivity contribution in [2.45, 2.75) is 19.7 Å². The first-order valence-electron chi connectivity index (χ1n) is 8.57. The van der Waals surface area contributed by atoms with Gasteiger partial charge in [0.15, 0.2) is 23.0 Å². The van der Waals surface area contributed by atoms with Gasteiger partial charge in [-0.15, -0.1) is 0 Å². The highest BCUT2D eigenvalue weighted by Crippen LogP contribution is 2.31. The third-order valence-electron chi connectivity index (χ3n) is 3.96. The number of fused-ring (bicyclic) bond motifs is 1. The molecule has 2 amide bonds. The van der Waals surface area contributed by atoms with Crippen LogP contribution in [0, 0.1) is 0 Å². The fraction of sp³-hybridized carbons (Fsp3) is 0.316. The van der Waals surface area contributed by atoms with Crippen LogP contribution in [0.1, 0.15) is 11.1 Å². The molecule has 0 aliphatic carbocycles. The Hall–Kier alpha value is -3.23. The van der Waals surface area contributed by atoms with Crippen LogP contribution in [0.5, 0.6) is 23.0 Å². The molecule has 2 aromatic rings. The van der Waals surface area contributed by atoms with E-state index in [1.807, 2.05) is 12.1 Å². The summed E-state index contributed by atoms with van der Waals surface area (Å²) in [5, 5.41) is 5.43. The summed E-state index contributed by atoms with van der Waals surface area (Å²) in [6.45, 7) is -1.42. The van der Waals surface area contributed by atoms with E-state index in [2.05, 4.69) is 15.4 Å². The number of benzene rings is 2. The minimum absolute atomic E-state index is 0.0655. The number of alkyl halides is 2. The van der Waals surface area contributed by atoms with Crippen molar-refractivity contribution >= 4 is 6.03 Å². The van der Waals surface area contributed by atoms with Crippen LogP contribution in [0.2, 0.25) is 0 Å². The number of urea groups is 1. The highest BCUT2D eigenvalue weighted by molar-refractivity contribution is 5.73. The molecule has 2 aromatic carbocycles. The lowest BCUT2D eigenvalue weighted by Crippen LogP contribution is -2.34. The van der Waals surface area contributed by atoms with Gasteiger partial charge >= 0.3 is 12.6 Å². The fourth-order valence-electron chi connectivity index (χ4n) is 2.64. The van der Waals surface area contributed by atoms with Crippen LogP contribution in [0.15, 0.2) is 36.4 Å². The van der Waals surface area contributed by atoms with Crippen LogP contribution >= 0.6 is 0 Å². The average molecular weight is 394 g/mol. The molecule has 0 saturated heterocycles. The lowest BCUT2D eigenvalue weighted by molar-refractivity contribution is -0.0512. The smallest absolute Gasteiger partial charge is 0.387 e. The van der Waals surface area contributed by atoms with E-state index in [-0.39, 0.29) is 24.1 Å². The quantitative estimate of drug-likeness (QED) is 0.755. The van der Waals surface area contributed by atoms with Gasteiger partial charge in [0, 0.05) is 13.1 Å². The number of rotatable bonds is 7. The van der Waals surface area contributed by atoms with Crippen LogP contribution < -0.4 is 29.6 Å². The Bertz CT molecular complexity index is 832. The van der Waals surface area contributed by atoms with E-state index >= 15 is 0 Å². The molecule has 0 fully saturated rings. The summed E-state index contributed by atoms with van der Waals surface area (Å²) < 4.78 is 45.1. The summed E-state index contributed by atoms with van der Waals surface area (Å²) in [5.74, 6) is 1.44. The Morgan fingerprint density at radius 3 is 2.32 bits per heavy atom. The number of carbonyl (C=O) groups is 1. The minimum atomic E-state index is -2.94. The Morgan fingerprint density at radius 1 is 1.00 bits per heavy atom. The molecule has 0 radical (unpaired) electrons. The van der Waals surface area contributed by atoms with Crippen LogP contribution in [-0.2, 0) is 13.1 Å². The molecule has 150 valence electrons. The first-order valence-corrected chi connectivity index (χ1v) is 8.57. The predicted molar refractivity (Wildman–Crippen MR) is 96.1 cm³/mol. The van der Waals surface area contributed by atoms with Crippen molar-refractivity contribution in [2.24, 2.45) is 0 Å². The van der Waals surface area contributed by atoms with Gasteiger partial charge in [-0.1, -0.05) is 12.1 Å². The van der Waals surface area contributed by atoms with Crippen LogP contribution in [-0.4, -0.2) is 33.0 Å². The number of nitrogens with one attached hydrogen (secondary N) is 2. The Balaban J connectivity index is 1.50. The molecule has 0 bridgehead atoms. The van der Waals surface area contributed by atoms with Crippen LogP contribution in [0.3, 0.4) is 0 Å². The number of ether oxygens (including phenoxy) is 4. The molecule has 1 aliphatic heterocycles. The zero-order valence-corrected chi connectivity index (χ0v) is 15.2. The molecule has 1 heterocycles. The summed E-state index contributed by atoms with van der Waals surface area (Å²) in [5.41, 5.74) is 1.54. The Morgan fingerprint density at radius 2 is 1.64 bits per heavy atom. The van der Waals surface area contributed by atoms with Gasteiger partial charge in [0.1, 0.15) is 13.2 Å². The van der Waals surface area contributed by atoms with Crippen molar-refractivity contribution in [3.05, 3.63) is 47.5 Å². The maximum Gasteiger partial charge on any atom is 0.387 e. The molecule has 2 N–H and O–H groups in total. The third kappa shape index (κ3) is 5.15. The molecule has 7 nitrogen and oxygen atoms in total. The molecule has 1 aliphatic rings. The Kier molecular flexibility index (Phi) is 6.36. The zero-order valence-electron chi connectivity index (χ0n) is 15.2. The van der Waals surface area contributed by atoms with Gasteiger partial charge in [0.05, 0.1) is 7.11 Å². The van der Waals surface area contributed by atoms with E-state index < -0.39 is 6.61 Å². The molecule has 28 heavy (non-hydrogen) atoms. The lowest BCUT2D eigenvalue weighted by atomic mass is 10.2. The minimum Gasteiger partial charge on any atom is -0.493 e. The van der Waals surface area contributed by atoms with Gasteiger partial charge in [-0.25, -0.2) is 4.79 Å². The van der Waals surface area contributed by atoms with Crippen molar-refractivity contribution in [2.75, 3.05) is 20.3 Å². The topological polar surface area (TPSA) is 78.1 Å². The highest BCUT2D eigenvalue weighted by atomic mass is 19.3. The highest BCUT2D eigenvalue weighted by Gasteiger charge is 2.13. The van der Waals surface area contributed by atoms with E-state index in [0.29, 0.717) is 36.8 Å². The molecule has 0 aromatic heterocycles. The van der Waals surface area contributed by atoms with Gasteiger partial charge < -0.3 is 29.6 Å². The standard InChI is InChI=1S/C19H20F2N2O5/c1-25-16-8-12(3-5-15(16)28-18(20)21)10-22-19(24)23-11-13-2-4-14-17(9-13)27-7-6-26-14/h2-5,8-9,18H,6-7,10-11H2,1H3,(H2,22,23,24). The second kappa shape index (κ2) is 9.12. The number of methoxy groups -OCH3 is 1. The molecule has 9 heteroatoms. The normalized spacial score (nSPS) is 12.4. The van der Waals surface area contributed by atoms with Crippen LogP contribution in [0.25, 0.3) is 0 Å². The van der Waals surface area contributed by atoms with E-state index in [1.165, 1.54) is 19.2 Å². The summed E-state index contributed by atoms with van der Waals surface area (Å²) >= 11 is 0. The molecule has 0 spiro atoms. The number of amides is 2. The van der Waals surface area contributed by atoms with Crippen molar-refractivity contribution < 1.29 is 32.5 Å². The largest absolute Gasteiger partial charge is 0.493 e. The molecule has 0 unspecified atom stereocenters. The number of hydrogen-bond donors (Lipinski definition) is 2. The van der Waals surface area contributed by atoms with Crippen molar-refractivity contribution in [3.8, 4) is 23.0 Å².